The number of esters is 1. The normalized spacial score (nSPS) is 10.5. The minimum atomic E-state index is -0.450. The summed E-state index contributed by atoms with van der Waals surface area (Å²) in [6.07, 6.45) is 0. The molecule has 22 heavy (non-hydrogen) atoms. The number of aromatic nitrogens is 2. The zero-order chi connectivity index (χ0) is 15.5. The van der Waals surface area contributed by atoms with Crippen LogP contribution in [0, 0.1) is 6.92 Å². The summed E-state index contributed by atoms with van der Waals surface area (Å²) in [7, 11) is 0. The quantitative estimate of drug-likeness (QED) is 0.685. The molecule has 3 aromatic rings. The van der Waals surface area contributed by atoms with Gasteiger partial charge in [0.05, 0.1) is 16.9 Å². The minimum absolute atomic E-state index is 0.378. The van der Waals surface area contributed by atoms with Crippen molar-refractivity contribution in [3.8, 4) is 11.6 Å². The minimum Gasteiger partial charge on any atom is -0.404 e. The third kappa shape index (κ3) is 3.02. The van der Waals surface area contributed by atoms with E-state index >= 15 is 0 Å². The molecular formula is C17H13ClN2O2. The Morgan fingerprint density at radius 1 is 1.09 bits per heavy atom. The largest absolute Gasteiger partial charge is 0.404 e. The maximum absolute atomic E-state index is 12.2. The van der Waals surface area contributed by atoms with Crippen LogP contribution in [0.25, 0.3) is 5.69 Å². The van der Waals surface area contributed by atoms with Crippen LogP contribution in [-0.2, 0) is 0 Å². The summed E-state index contributed by atoms with van der Waals surface area (Å²) in [5.74, 6) is -0.0719. The predicted molar refractivity (Wildman–Crippen MR) is 84.7 cm³/mol. The topological polar surface area (TPSA) is 44.1 Å². The van der Waals surface area contributed by atoms with E-state index in [9.17, 15) is 4.79 Å². The molecule has 0 saturated heterocycles. The van der Waals surface area contributed by atoms with Crippen molar-refractivity contribution in [2.45, 2.75) is 6.92 Å². The lowest BCUT2D eigenvalue weighted by molar-refractivity contribution is 0.0723. The molecule has 0 bridgehead atoms. The number of hydrogen-bond donors (Lipinski definition) is 0. The molecule has 1 heterocycles. The van der Waals surface area contributed by atoms with Gasteiger partial charge in [0.2, 0.25) is 5.88 Å². The molecule has 0 fully saturated rings. The van der Waals surface area contributed by atoms with Gasteiger partial charge in [-0.1, -0.05) is 29.8 Å². The Bertz CT molecular complexity index is 795. The first-order valence-corrected chi connectivity index (χ1v) is 7.11. The van der Waals surface area contributed by atoms with Gasteiger partial charge in [-0.3, -0.25) is 0 Å². The van der Waals surface area contributed by atoms with Crippen molar-refractivity contribution in [1.29, 1.82) is 0 Å². The van der Waals surface area contributed by atoms with Gasteiger partial charge in [0.25, 0.3) is 0 Å². The van der Waals surface area contributed by atoms with Crippen molar-refractivity contribution in [3.63, 3.8) is 0 Å². The number of nitrogens with zero attached hydrogens (tertiary/aromatic N) is 2. The fraction of sp³-hybridized carbons (Fsp3) is 0.0588. The van der Waals surface area contributed by atoms with E-state index in [0.717, 1.165) is 11.4 Å². The zero-order valence-electron chi connectivity index (χ0n) is 11.9. The highest BCUT2D eigenvalue weighted by molar-refractivity contribution is 6.30. The Labute approximate surface area is 132 Å². The number of carbonyl (C=O) groups excluding carboxylic acids is 1. The van der Waals surface area contributed by atoms with Gasteiger partial charge in [-0.2, -0.15) is 5.10 Å². The lowest BCUT2D eigenvalue weighted by Gasteiger charge is -2.07. The second-order valence-electron chi connectivity index (χ2n) is 4.77. The Kier molecular flexibility index (Phi) is 3.94. The van der Waals surface area contributed by atoms with E-state index in [0.29, 0.717) is 16.5 Å². The van der Waals surface area contributed by atoms with Gasteiger partial charge in [-0.15, -0.1) is 0 Å². The molecule has 0 amide bonds. The van der Waals surface area contributed by atoms with Crippen LogP contribution in [0.5, 0.6) is 5.88 Å². The summed E-state index contributed by atoms with van der Waals surface area (Å²) in [5.41, 5.74) is 2.03. The van der Waals surface area contributed by atoms with Crippen LogP contribution in [-0.4, -0.2) is 15.7 Å². The summed E-state index contributed by atoms with van der Waals surface area (Å²) >= 11 is 5.82. The first-order chi connectivity index (χ1) is 10.6. The molecule has 0 saturated carbocycles. The summed E-state index contributed by atoms with van der Waals surface area (Å²) in [6.45, 7) is 1.85. The molecule has 2 aromatic carbocycles. The molecule has 0 spiro atoms. The van der Waals surface area contributed by atoms with E-state index in [4.69, 9.17) is 16.3 Å². The van der Waals surface area contributed by atoms with Crippen LogP contribution in [0.4, 0.5) is 0 Å². The Morgan fingerprint density at radius 2 is 1.77 bits per heavy atom. The Balaban J connectivity index is 1.90. The highest BCUT2D eigenvalue weighted by Crippen LogP contribution is 2.20. The third-order valence-electron chi connectivity index (χ3n) is 3.08. The van der Waals surface area contributed by atoms with Gasteiger partial charge in [-0.25, -0.2) is 9.48 Å². The molecule has 0 atom stereocenters. The molecule has 0 aliphatic rings. The van der Waals surface area contributed by atoms with E-state index < -0.39 is 5.97 Å². The van der Waals surface area contributed by atoms with Crippen LogP contribution in [0.2, 0.25) is 5.02 Å². The standard InChI is InChI=1S/C17H13ClN2O2/c1-12-11-16(20(19-12)15-5-3-2-4-6-15)22-17(21)13-7-9-14(18)10-8-13/h2-11H,1H3. The fourth-order valence-corrected chi connectivity index (χ4v) is 2.17. The van der Waals surface area contributed by atoms with Gasteiger partial charge in [0.15, 0.2) is 0 Å². The molecule has 0 aliphatic heterocycles. The van der Waals surface area contributed by atoms with Gasteiger partial charge in [-0.05, 0) is 43.3 Å². The van der Waals surface area contributed by atoms with E-state index in [1.54, 1.807) is 35.0 Å². The summed E-state index contributed by atoms with van der Waals surface area (Å²) in [4.78, 5) is 12.2. The second kappa shape index (κ2) is 6.03. The molecule has 3 rings (SSSR count). The van der Waals surface area contributed by atoms with Crippen molar-refractivity contribution in [1.82, 2.24) is 9.78 Å². The number of hydrogen-bond acceptors (Lipinski definition) is 3. The average Bonchev–Trinajstić information content (AvgIpc) is 2.89. The second-order valence-corrected chi connectivity index (χ2v) is 5.20. The van der Waals surface area contributed by atoms with E-state index in [2.05, 4.69) is 5.10 Å². The number of halogens is 1. The van der Waals surface area contributed by atoms with Crippen molar-refractivity contribution < 1.29 is 9.53 Å². The predicted octanol–water partition coefficient (Wildman–Crippen LogP) is 4.05. The van der Waals surface area contributed by atoms with Crippen LogP contribution >= 0.6 is 11.6 Å². The fourth-order valence-electron chi connectivity index (χ4n) is 2.04. The molecule has 5 heteroatoms. The molecule has 0 unspecified atom stereocenters. The van der Waals surface area contributed by atoms with Crippen molar-refractivity contribution in [2.75, 3.05) is 0 Å². The summed E-state index contributed by atoms with van der Waals surface area (Å²) in [6, 6.07) is 17.8. The number of carbonyl (C=O) groups is 1. The summed E-state index contributed by atoms with van der Waals surface area (Å²) < 4.78 is 7.07. The number of aryl methyl sites for hydroxylation is 1. The highest BCUT2D eigenvalue weighted by Gasteiger charge is 2.14. The number of benzene rings is 2. The smallest absolute Gasteiger partial charge is 0.344 e. The van der Waals surface area contributed by atoms with Gasteiger partial charge in [0.1, 0.15) is 0 Å². The third-order valence-corrected chi connectivity index (χ3v) is 3.33. The van der Waals surface area contributed by atoms with Crippen LogP contribution < -0.4 is 4.74 Å². The maximum Gasteiger partial charge on any atom is 0.344 e. The van der Waals surface area contributed by atoms with Crippen LogP contribution in [0.3, 0.4) is 0 Å². The van der Waals surface area contributed by atoms with Crippen LogP contribution in [0.1, 0.15) is 16.1 Å². The Morgan fingerprint density at radius 3 is 2.45 bits per heavy atom. The van der Waals surface area contributed by atoms with Gasteiger partial charge < -0.3 is 4.74 Å². The summed E-state index contributed by atoms with van der Waals surface area (Å²) in [5, 5.41) is 4.93. The van der Waals surface area contributed by atoms with Crippen molar-refractivity contribution >= 4 is 17.6 Å². The molecule has 0 aliphatic carbocycles. The van der Waals surface area contributed by atoms with Gasteiger partial charge >= 0.3 is 5.97 Å². The van der Waals surface area contributed by atoms with Crippen molar-refractivity contribution in [3.05, 3.63) is 76.9 Å². The Hall–Kier alpha value is -2.59. The highest BCUT2D eigenvalue weighted by atomic mass is 35.5. The average molecular weight is 313 g/mol. The molecule has 0 radical (unpaired) electrons. The molecule has 1 aromatic heterocycles. The lowest BCUT2D eigenvalue weighted by atomic mass is 10.2. The zero-order valence-corrected chi connectivity index (χ0v) is 12.6. The van der Waals surface area contributed by atoms with Crippen molar-refractivity contribution in [2.24, 2.45) is 0 Å². The lowest BCUT2D eigenvalue weighted by Crippen LogP contribution is -2.11. The maximum atomic E-state index is 12.2. The molecule has 110 valence electrons. The molecule has 0 N–H and O–H groups in total. The van der Waals surface area contributed by atoms with Gasteiger partial charge in [0, 0.05) is 11.1 Å². The number of rotatable bonds is 3. The van der Waals surface area contributed by atoms with E-state index in [1.807, 2.05) is 37.3 Å². The van der Waals surface area contributed by atoms with Crippen LogP contribution in [0.15, 0.2) is 60.7 Å². The molecule has 4 nitrogen and oxygen atoms in total. The monoisotopic (exact) mass is 312 g/mol. The number of para-hydroxylation sites is 1. The van der Waals surface area contributed by atoms with E-state index in [1.165, 1.54) is 0 Å². The first kappa shape index (κ1) is 14.4. The molecular weight excluding hydrogens is 300 g/mol. The first-order valence-electron chi connectivity index (χ1n) is 6.73. The van der Waals surface area contributed by atoms with E-state index in [-0.39, 0.29) is 0 Å². The number of ether oxygens (including phenoxy) is 1. The SMILES string of the molecule is Cc1cc(OC(=O)c2ccc(Cl)cc2)n(-c2ccccc2)n1.